The van der Waals surface area contributed by atoms with Gasteiger partial charge in [-0.3, -0.25) is 9.59 Å². The zero-order valence-electron chi connectivity index (χ0n) is 10.9. The largest absolute Gasteiger partial charge is 0.356 e. The highest BCUT2D eigenvalue weighted by Crippen LogP contribution is 2.36. The zero-order chi connectivity index (χ0) is 13.7. The quantitative estimate of drug-likeness (QED) is 0.813. The van der Waals surface area contributed by atoms with Crippen LogP contribution in [0.3, 0.4) is 0 Å². The van der Waals surface area contributed by atoms with E-state index in [0.717, 1.165) is 23.4 Å². The van der Waals surface area contributed by atoms with Gasteiger partial charge in [0.2, 0.25) is 11.8 Å². The van der Waals surface area contributed by atoms with Crippen molar-refractivity contribution in [2.45, 2.75) is 36.3 Å². The second kappa shape index (κ2) is 6.61. The summed E-state index contributed by atoms with van der Waals surface area (Å²) in [5, 5.41) is 5.35. The van der Waals surface area contributed by atoms with Crippen molar-refractivity contribution in [2.24, 2.45) is 0 Å². The van der Waals surface area contributed by atoms with Gasteiger partial charge in [-0.1, -0.05) is 25.5 Å². The van der Waals surface area contributed by atoms with E-state index in [1.807, 2.05) is 24.3 Å². The molecule has 4 nitrogen and oxygen atoms in total. The number of carbonyl (C=O) groups excluding carboxylic acids is 2. The molecule has 2 rings (SSSR count). The van der Waals surface area contributed by atoms with Crippen LogP contribution < -0.4 is 10.6 Å². The van der Waals surface area contributed by atoms with E-state index in [4.69, 9.17) is 0 Å². The molecule has 1 heterocycles. The third kappa shape index (κ3) is 3.73. The van der Waals surface area contributed by atoms with E-state index in [-0.39, 0.29) is 23.5 Å². The Hall–Kier alpha value is -1.49. The van der Waals surface area contributed by atoms with Crippen molar-refractivity contribution < 1.29 is 9.59 Å². The summed E-state index contributed by atoms with van der Waals surface area (Å²) in [5.41, 5.74) is 0.833. The summed E-state index contributed by atoms with van der Waals surface area (Å²) in [6, 6.07) is 7.65. The number of benzene rings is 1. The van der Waals surface area contributed by atoms with Crippen molar-refractivity contribution >= 4 is 29.3 Å². The summed E-state index contributed by atoms with van der Waals surface area (Å²) < 4.78 is 0. The summed E-state index contributed by atoms with van der Waals surface area (Å²) in [6.45, 7) is 2.76. The van der Waals surface area contributed by atoms with Gasteiger partial charge in [0, 0.05) is 17.9 Å². The fraction of sp³-hybridized carbons (Fsp3) is 0.429. The molecule has 1 atom stereocenters. The van der Waals surface area contributed by atoms with Crippen LogP contribution in [0.25, 0.3) is 0 Å². The van der Waals surface area contributed by atoms with E-state index in [0.29, 0.717) is 6.54 Å². The third-order valence-corrected chi connectivity index (χ3v) is 4.21. The first-order valence-electron chi connectivity index (χ1n) is 6.54. The maximum absolute atomic E-state index is 11.9. The topological polar surface area (TPSA) is 58.2 Å². The van der Waals surface area contributed by atoms with Crippen LogP contribution >= 0.6 is 11.8 Å². The smallest absolute Gasteiger partial charge is 0.238 e. The molecule has 5 heteroatoms. The average molecular weight is 278 g/mol. The first kappa shape index (κ1) is 13.9. The van der Waals surface area contributed by atoms with Crippen molar-refractivity contribution in [2.75, 3.05) is 11.9 Å². The summed E-state index contributed by atoms with van der Waals surface area (Å²) in [6.07, 6.45) is 2.25. The Bertz CT molecular complexity index is 476. The molecule has 0 aromatic heterocycles. The number of amides is 2. The minimum absolute atomic E-state index is 0.0551. The van der Waals surface area contributed by atoms with Crippen molar-refractivity contribution in [1.82, 2.24) is 5.32 Å². The van der Waals surface area contributed by atoms with Crippen molar-refractivity contribution in [3.05, 3.63) is 24.3 Å². The van der Waals surface area contributed by atoms with Crippen molar-refractivity contribution in [1.29, 1.82) is 0 Å². The molecule has 102 valence electrons. The molecule has 0 aliphatic carbocycles. The molecule has 0 fully saturated rings. The molecule has 0 saturated carbocycles. The summed E-state index contributed by atoms with van der Waals surface area (Å²) in [4.78, 5) is 24.7. The fourth-order valence-corrected chi connectivity index (χ4v) is 2.98. The Balaban J connectivity index is 1.92. The number of para-hydroxylation sites is 1. The predicted molar refractivity (Wildman–Crippen MR) is 77.3 cm³/mol. The van der Waals surface area contributed by atoms with E-state index in [2.05, 4.69) is 17.6 Å². The molecule has 1 aliphatic rings. The first-order valence-corrected chi connectivity index (χ1v) is 7.42. The van der Waals surface area contributed by atoms with Gasteiger partial charge in [-0.2, -0.15) is 0 Å². The van der Waals surface area contributed by atoms with Crippen LogP contribution in [0.5, 0.6) is 0 Å². The van der Waals surface area contributed by atoms with E-state index in [1.165, 1.54) is 11.8 Å². The highest BCUT2D eigenvalue weighted by Gasteiger charge is 2.28. The van der Waals surface area contributed by atoms with Gasteiger partial charge >= 0.3 is 0 Å². The fourth-order valence-electron chi connectivity index (χ4n) is 1.87. The van der Waals surface area contributed by atoms with Gasteiger partial charge < -0.3 is 10.6 Å². The second-order valence-corrected chi connectivity index (χ2v) is 5.74. The van der Waals surface area contributed by atoms with Crippen LogP contribution in [0.2, 0.25) is 0 Å². The molecule has 2 N–H and O–H groups in total. The highest BCUT2D eigenvalue weighted by molar-refractivity contribution is 8.01. The number of rotatable bonds is 5. The normalized spacial score (nSPS) is 17.5. The Labute approximate surface area is 117 Å². The molecule has 0 spiro atoms. The van der Waals surface area contributed by atoms with Gasteiger partial charge in [0.15, 0.2) is 0 Å². The lowest BCUT2D eigenvalue weighted by Crippen LogP contribution is -2.35. The standard InChI is InChI=1S/C14H18N2O2S/c1-2-3-8-15-13(17)9-12-14(18)16-10-6-4-5-7-11(10)19-12/h4-7,12H,2-3,8-9H2,1H3,(H,15,17)(H,16,18)/t12-/m1/s1. The Kier molecular flexibility index (Phi) is 4.85. The van der Waals surface area contributed by atoms with Gasteiger partial charge in [-0.15, -0.1) is 11.8 Å². The number of carbonyl (C=O) groups is 2. The van der Waals surface area contributed by atoms with Crippen LogP contribution in [0.1, 0.15) is 26.2 Å². The lowest BCUT2D eigenvalue weighted by atomic mass is 10.2. The monoisotopic (exact) mass is 278 g/mol. The minimum Gasteiger partial charge on any atom is -0.356 e. The number of nitrogens with one attached hydrogen (secondary N) is 2. The minimum atomic E-state index is -0.337. The number of thioether (sulfide) groups is 1. The number of anilines is 1. The van der Waals surface area contributed by atoms with Gasteiger partial charge in [-0.25, -0.2) is 0 Å². The first-order chi connectivity index (χ1) is 9.20. The van der Waals surface area contributed by atoms with Crippen LogP contribution in [-0.4, -0.2) is 23.6 Å². The summed E-state index contributed by atoms with van der Waals surface area (Å²) in [5.74, 6) is -0.144. The van der Waals surface area contributed by atoms with Gasteiger partial charge in [0.05, 0.1) is 10.9 Å². The van der Waals surface area contributed by atoms with Crippen LogP contribution in [-0.2, 0) is 9.59 Å². The molecular formula is C14H18N2O2S. The SMILES string of the molecule is CCCCNC(=O)C[C@H]1Sc2ccccc2NC1=O. The molecular weight excluding hydrogens is 260 g/mol. The number of hydrogen-bond acceptors (Lipinski definition) is 3. The van der Waals surface area contributed by atoms with E-state index in [1.54, 1.807) is 0 Å². The zero-order valence-corrected chi connectivity index (χ0v) is 11.8. The van der Waals surface area contributed by atoms with Crippen molar-refractivity contribution in [3.8, 4) is 0 Å². The lowest BCUT2D eigenvalue weighted by Gasteiger charge is -2.23. The Morgan fingerprint density at radius 3 is 3.00 bits per heavy atom. The molecule has 1 aromatic rings. The highest BCUT2D eigenvalue weighted by atomic mass is 32.2. The maximum atomic E-state index is 11.9. The summed E-state index contributed by atoms with van der Waals surface area (Å²) >= 11 is 1.46. The second-order valence-electron chi connectivity index (χ2n) is 4.50. The van der Waals surface area contributed by atoms with Gasteiger partial charge in [0.1, 0.15) is 0 Å². The van der Waals surface area contributed by atoms with E-state index >= 15 is 0 Å². The predicted octanol–water partition coefficient (Wildman–Crippen LogP) is 2.41. The molecule has 1 aromatic carbocycles. The van der Waals surface area contributed by atoms with Crippen LogP contribution in [0.15, 0.2) is 29.2 Å². The molecule has 2 amide bonds. The molecule has 0 unspecified atom stereocenters. The molecule has 1 aliphatic heterocycles. The maximum Gasteiger partial charge on any atom is 0.238 e. The van der Waals surface area contributed by atoms with Crippen LogP contribution in [0, 0.1) is 0 Å². The van der Waals surface area contributed by atoms with Crippen LogP contribution in [0.4, 0.5) is 5.69 Å². The molecule has 19 heavy (non-hydrogen) atoms. The molecule has 0 bridgehead atoms. The third-order valence-electron chi connectivity index (χ3n) is 2.93. The summed E-state index contributed by atoms with van der Waals surface area (Å²) in [7, 11) is 0. The number of hydrogen-bond donors (Lipinski definition) is 2. The van der Waals surface area contributed by atoms with Crippen molar-refractivity contribution in [3.63, 3.8) is 0 Å². The lowest BCUT2D eigenvalue weighted by molar-refractivity contribution is -0.124. The van der Waals surface area contributed by atoms with E-state index < -0.39 is 0 Å². The number of fused-ring (bicyclic) bond motifs is 1. The Morgan fingerprint density at radius 1 is 1.42 bits per heavy atom. The van der Waals surface area contributed by atoms with Gasteiger partial charge in [-0.05, 0) is 18.6 Å². The number of unbranched alkanes of at least 4 members (excludes halogenated alkanes) is 1. The average Bonchev–Trinajstić information content (AvgIpc) is 2.40. The Morgan fingerprint density at radius 2 is 2.21 bits per heavy atom. The van der Waals surface area contributed by atoms with Gasteiger partial charge in [0.25, 0.3) is 0 Å². The molecule has 0 saturated heterocycles. The molecule has 0 radical (unpaired) electrons. The van der Waals surface area contributed by atoms with E-state index in [9.17, 15) is 9.59 Å².